The quantitative estimate of drug-likeness (QED) is 0.396. The Bertz CT molecular complexity index is 711. The van der Waals surface area contributed by atoms with Gasteiger partial charge in [0.1, 0.15) is 11.5 Å². The van der Waals surface area contributed by atoms with E-state index in [0.717, 1.165) is 22.6 Å². The van der Waals surface area contributed by atoms with Crippen LogP contribution in [-0.2, 0) is 22.7 Å². The van der Waals surface area contributed by atoms with Crippen molar-refractivity contribution in [2.75, 3.05) is 27.4 Å². The molecule has 0 heterocycles. The summed E-state index contributed by atoms with van der Waals surface area (Å²) in [5.74, 6) is 1.60. The molecule has 158 valence electrons. The minimum atomic E-state index is -0.751. The van der Waals surface area contributed by atoms with E-state index in [1.165, 1.54) is 0 Å². The normalized spacial score (nSPS) is 13.4. The van der Waals surface area contributed by atoms with Gasteiger partial charge in [0, 0.05) is 6.42 Å². The van der Waals surface area contributed by atoms with Crippen LogP contribution in [0.2, 0.25) is 0 Å². The second kappa shape index (κ2) is 13.0. The third-order valence-electron chi connectivity index (χ3n) is 4.25. The largest absolute Gasteiger partial charge is 0.497 e. The molecule has 0 saturated carbocycles. The van der Waals surface area contributed by atoms with E-state index >= 15 is 0 Å². The van der Waals surface area contributed by atoms with Crippen molar-refractivity contribution in [1.29, 1.82) is 0 Å². The Morgan fingerprint density at radius 3 is 1.83 bits per heavy atom. The summed E-state index contributed by atoms with van der Waals surface area (Å²) in [6.07, 6.45) is 2.09. The van der Waals surface area contributed by atoms with Gasteiger partial charge in [0.15, 0.2) is 0 Å². The molecular weight excluding hydrogens is 372 g/mol. The van der Waals surface area contributed by atoms with Gasteiger partial charge < -0.3 is 29.2 Å². The SMILES string of the molecule is COc1ccc(COC/C=C\[C@H](O)C[C@H](O)COCc2ccc(OC)cc2)cc1. The molecular formula is C23H30O6. The standard InChI is InChI=1S/C23H30O6/c1-26-22-9-5-18(6-10-22)15-28-13-3-4-20(24)14-21(25)17-29-16-19-7-11-23(27-2)12-8-19/h3-12,20-21,24-25H,13-17H2,1-2H3/b4-3-/t20-,21-/m0/s1. The third kappa shape index (κ3) is 9.11. The first kappa shape index (κ1) is 22.9. The average molecular weight is 402 g/mol. The van der Waals surface area contributed by atoms with Gasteiger partial charge in [-0.15, -0.1) is 0 Å². The highest BCUT2D eigenvalue weighted by molar-refractivity contribution is 5.27. The lowest BCUT2D eigenvalue weighted by molar-refractivity contribution is 0.00827. The summed E-state index contributed by atoms with van der Waals surface area (Å²) < 4.78 is 21.3. The first-order chi connectivity index (χ1) is 14.1. The van der Waals surface area contributed by atoms with Crippen molar-refractivity contribution in [1.82, 2.24) is 0 Å². The maximum atomic E-state index is 9.99. The molecule has 6 heteroatoms. The van der Waals surface area contributed by atoms with Crippen molar-refractivity contribution >= 4 is 0 Å². The third-order valence-corrected chi connectivity index (χ3v) is 4.25. The van der Waals surface area contributed by atoms with Crippen molar-refractivity contribution in [3.63, 3.8) is 0 Å². The van der Waals surface area contributed by atoms with Gasteiger partial charge in [-0.3, -0.25) is 0 Å². The van der Waals surface area contributed by atoms with Crippen LogP contribution < -0.4 is 9.47 Å². The molecule has 0 bridgehead atoms. The summed E-state index contributed by atoms with van der Waals surface area (Å²) in [7, 11) is 3.25. The van der Waals surface area contributed by atoms with Crippen LogP contribution in [0.4, 0.5) is 0 Å². The summed E-state index contributed by atoms with van der Waals surface area (Å²) in [6, 6.07) is 15.2. The van der Waals surface area contributed by atoms with E-state index in [0.29, 0.717) is 19.8 Å². The van der Waals surface area contributed by atoms with Crippen LogP contribution in [0.5, 0.6) is 11.5 Å². The highest BCUT2D eigenvalue weighted by Gasteiger charge is 2.10. The zero-order valence-corrected chi connectivity index (χ0v) is 17.0. The fourth-order valence-corrected chi connectivity index (χ4v) is 2.64. The number of methoxy groups -OCH3 is 2. The molecule has 0 saturated heterocycles. The molecule has 2 N–H and O–H groups in total. The minimum Gasteiger partial charge on any atom is -0.497 e. The number of rotatable bonds is 13. The zero-order valence-electron chi connectivity index (χ0n) is 17.0. The van der Waals surface area contributed by atoms with E-state index in [1.54, 1.807) is 26.4 Å². The molecule has 0 aromatic heterocycles. The van der Waals surface area contributed by atoms with Crippen molar-refractivity contribution in [3.8, 4) is 11.5 Å². The highest BCUT2D eigenvalue weighted by atomic mass is 16.5. The molecule has 0 spiro atoms. The van der Waals surface area contributed by atoms with Crippen LogP contribution in [0.25, 0.3) is 0 Å². The lowest BCUT2D eigenvalue weighted by Gasteiger charge is -2.13. The van der Waals surface area contributed by atoms with Gasteiger partial charge in [-0.25, -0.2) is 0 Å². The first-order valence-electron chi connectivity index (χ1n) is 9.55. The number of aliphatic hydroxyl groups excluding tert-OH is 2. The molecule has 0 unspecified atom stereocenters. The summed E-state index contributed by atoms with van der Waals surface area (Å²) in [5, 5.41) is 20.0. The zero-order chi connectivity index (χ0) is 20.9. The molecule has 2 aromatic rings. The monoisotopic (exact) mass is 402 g/mol. The van der Waals surface area contributed by atoms with Crippen LogP contribution >= 0.6 is 0 Å². The van der Waals surface area contributed by atoms with Crippen molar-refractivity contribution in [2.45, 2.75) is 31.8 Å². The summed E-state index contributed by atoms with van der Waals surface area (Å²) in [5.41, 5.74) is 2.04. The maximum Gasteiger partial charge on any atom is 0.118 e. The van der Waals surface area contributed by atoms with Gasteiger partial charge in [-0.1, -0.05) is 36.4 Å². The molecule has 0 aliphatic carbocycles. The lowest BCUT2D eigenvalue weighted by atomic mass is 10.1. The smallest absolute Gasteiger partial charge is 0.118 e. The van der Waals surface area contributed by atoms with Crippen LogP contribution in [0, 0.1) is 0 Å². The maximum absolute atomic E-state index is 9.99. The number of ether oxygens (including phenoxy) is 4. The number of hydrogen-bond donors (Lipinski definition) is 2. The van der Waals surface area contributed by atoms with Crippen LogP contribution in [0.1, 0.15) is 17.5 Å². The van der Waals surface area contributed by atoms with Gasteiger partial charge in [0.25, 0.3) is 0 Å². The van der Waals surface area contributed by atoms with Crippen LogP contribution in [-0.4, -0.2) is 49.9 Å². The van der Waals surface area contributed by atoms with Crippen molar-refractivity contribution < 1.29 is 29.2 Å². The Kier molecular flexibility index (Phi) is 10.2. The van der Waals surface area contributed by atoms with E-state index < -0.39 is 12.2 Å². The summed E-state index contributed by atoms with van der Waals surface area (Å²) in [6.45, 7) is 1.41. The lowest BCUT2D eigenvalue weighted by Crippen LogP contribution is -2.21. The topological polar surface area (TPSA) is 77.4 Å². The Balaban J connectivity index is 1.57. The number of aliphatic hydroxyl groups is 2. The average Bonchev–Trinajstić information content (AvgIpc) is 2.74. The number of benzene rings is 2. The Labute approximate surface area is 172 Å². The molecule has 2 aromatic carbocycles. The molecule has 0 amide bonds. The predicted octanol–water partition coefficient (Wildman–Crippen LogP) is 3.11. The highest BCUT2D eigenvalue weighted by Crippen LogP contribution is 2.13. The van der Waals surface area contributed by atoms with Crippen LogP contribution in [0.15, 0.2) is 60.7 Å². The van der Waals surface area contributed by atoms with Gasteiger partial charge >= 0.3 is 0 Å². The van der Waals surface area contributed by atoms with E-state index in [-0.39, 0.29) is 13.0 Å². The van der Waals surface area contributed by atoms with Crippen LogP contribution in [0.3, 0.4) is 0 Å². The van der Waals surface area contributed by atoms with E-state index in [2.05, 4.69) is 0 Å². The van der Waals surface area contributed by atoms with Gasteiger partial charge in [-0.05, 0) is 35.4 Å². The fraction of sp³-hybridized carbons (Fsp3) is 0.391. The number of hydrogen-bond acceptors (Lipinski definition) is 6. The first-order valence-corrected chi connectivity index (χ1v) is 9.55. The summed E-state index contributed by atoms with van der Waals surface area (Å²) in [4.78, 5) is 0. The molecule has 2 atom stereocenters. The van der Waals surface area contributed by atoms with Gasteiger partial charge in [0.05, 0.1) is 52.9 Å². The minimum absolute atomic E-state index is 0.158. The molecule has 0 fully saturated rings. The Morgan fingerprint density at radius 1 is 0.793 bits per heavy atom. The molecule has 2 rings (SSSR count). The van der Waals surface area contributed by atoms with E-state index in [1.807, 2.05) is 48.5 Å². The molecule has 0 radical (unpaired) electrons. The Hall–Kier alpha value is -2.38. The second-order valence-electron chi connectivity index (χ2n) is 6.61. The predicted molar refractivity (Wildman–Crippen MR) is 111 cm³/mol. The van der Waals surface area contributed by atoms with Gasteiger partial charge in [-0.2, -0.15) is 0 Å². The fourth-order valence-electron chi connectivity index (χ4n) is 2.64. The molecule has 0 aliphatic heterocycles. The van der Waals surface area contributed by atoms with E-state index in [9.17, 15) is 10.2 Å². The molecule has 29 heavy (non-hydrogen) atoms. The summed E-state index contributed by atoms with van der Waals surface area (Å²) >= 11 is 0. The van der Waals surface area contributed by atoms with Gasteiger partial charge in [0.2, 0.25) is 0 Å². The second-order valence-corrected chi connectivity index (χ2v) is 6.61. The van der Waals surface area contributed by atoms with E-state index in [4.69, 9.17) is 18.9 Å². The molecule has 0 aliphatic rings. The van der Waals surface area contributed by atoms with Crippen molar-refractivity contribution in [3.05, 3.63) is 71.8 Å². The van der Waals surface area contributed by atoms with Crippen molar-refractivity contribution in [2.24, 2.45) is 0 Å². The molecule has 6 nitrogen and oxygen atoms in total. The Morgan fingerprint density at radius 2 is 1.31 bits per heavy atom.